The summed E-state index contributed by atoms with van der Waals surface area (Å²) in [7, 11) is 0. The largest absolute Gasteiger partial charge is 0.348 e. The van der Waals surface area contributed by atoms with Crippen LogP contribution in [0.1, 0.15) is 18.5 Å². The molecule has 7 heteroatoms. The summed E-state index contributed by atoms with van der Waals surface area (Å²) >= 11 is 0. The van der Waals surface area contributed by atoms with Gasteiger partial charge in [-0.1, -0.05) is 30.3 Å². The summed E-state index contributed by atoms with van der Waals surface area (Å²) in [4.78, 5) is 21.8. The Balaban J connectivity index is 1.93. The van der Waals surface area contributed by atoms with Gasteiger partial charge >= 0.3 is 5.69 Å². The summed E-state index contributed by atoms with van der Waals surface area (Å²) in [5, 5.41) is 17.1. The molecule has 0 fully saturated rings. The van der Waals surface area contributed by atoms with Crippen molar-refractivity contribution >= 4 is 11.6 Å². The molecule has 0 radical (unpaired) electrons. The lowest BCUT2D eigenvalue weighted by Crippen LogP contribution is -2.30. The average molecular weight is 274 g/mol. The van der Waals surface area contributed by atoms with Crippen LogP contribution in [0.3, 0.4) is 0 Å². The van der Waals surface area contributed by atoms with Crippen LogP contribution < -0.4 is 5.32 Å². The monoisotopic (exact) mass is 274 g/mol. The van der Waals surface area contributed by atoms with Crippen molar-refractivity contribution in [3.05, 3.63) is 58.4 Å². The predicted molar refractivity (Wildman–Crippen MR) is 71.9 cm³/mol. The van der Waals surface area contributed by atoms with Crippen molar-refractivity contribution in [1.82, 2.24) is 15.1 Å². The Kier molecular flexibility index (Phi) is 4.09. The average Bonchev–Trinajstić information content (AvgIpc) is 2.88. The number of benzene rings is 1. The minimum absolute atomic E-state index is 0.0506. The van der Waals surface area contributed by atoms with Crippen molar-refractivity contribution in [2.45, 2.75) is 19.5 Å². The normalized spacial score (nSPS) is 11.8. The molecule has 1 amide bonds. The first-order valence-electron chi connectivity index (χ1n) is 6.07. The van der Waals surface area contributed by atoms with E-state index in [-0.39, 0.29) is 24.2 Å². The van der Waals surface area contributed by atoms with Gasteiger partial charge in [0, 0.05) is 0 Å². The molecule has 104 valence electrons. The molecular formula is C13H14N4O3. The van der Waals surface area contributed by atoms with E-state index in [9.17, 15) is 14.9 Å². The van der Waals surface area contributed by atoms with Gasteiger partial charge in [-0.05, 0) is 12.5 Å². The van der Waals surface area contributed by atoms with Crippen molar-refractivity contribution in [3.8, 4) is 0 Å². The minimum Gasteiger partial charge on any atom is -0.348 e. The number of hydrogen-bond donors (Lipinski definition) is 1. The molecule has 7 nitrogen and oxygen atoms in total. The third-order valence-corrected chi connectivity index (χ3v) is 2.81. The molecule has 1 N–H and O–H groups in total. The molecule has 2 aromatic rings. The lowest BCUT2D eigenvalue weighted by molar-refractivity contribution is -0.385. The molecule has 0 saturated heterocycles. The van der Waals surface area contributed by atoms with Crippen LogP contribution in [0.2, 0.25) is 0 Å². The maximum Gasteiger partial charge on any atom is 0.307 e. The van der Waals surface area contributed by atoms with Gasteiger partial charge in [-0.25, -0.2) is 0 Å². The van der Waals surface area contributed by atoms with Crippen LogP contribution in [-0.2, 0) is 11.3 Å². The number of amides is 1. The van der Waals surface area contributed by atoms with E-state index in [2.05, 4.69) is 10.4 Å². The molecule has 1 unspecified atom stereocenters. The van der Waals surface area contributed by atoms with Gasteiger partial charge in [0.2, 0.25) is 5.91 Å². The molecule has 0 aliphatic rings. The van der Waals surface area contributed by atoms with Gasteiger partial charge in [0.05, 0.1) is 11.0 Å². The number of nitrogens with one attached hydrogen (secondary N) is 1. The second kappa shape index (κ2) is 5.96. The minimum atomic E-state index is -0.548. The molecule has 0 aliphatic carbocycles. The molecule has 0 aliphatic heterocycles. The second-order valence-electron chi connectivity index (χ2n) is 4.35. The number of rotatable bonds is 5. The smallest absolute Gasteiger partial charge is 0.307 e. The molecule has 0 bridgehead atoms. The molecule has 1 aromatic carbocycles. The Morgan fingerprint density at radius 3 is 2.75 bits per heavy atom. The standard InChI is InChI=1S/C13H14N4O3/c1-10(11-5-3-2-4-6-11)15-13(18)9-16-8-12(7-14-16)17(19)20/h2-8,10H,9H2,1H3,(H,15,18). The van der Waals surface area contributed by atoms with Crippen molar-refractivity contribution < 1.29 is 9.72 Å². The van der Waals surface area contributed by atoms with E-state index in [0.29, 0.717) is 0 Å². The number of nitro groups is 1. The SMILES string of the molecule is CC(NC(=O)Cn1cc([N+](=O)[O-])cn1)c1ccccc1. The van der Waals surface area contributed by atoms with Crippen LogP contribution in [0, 0.1) is 10.1 Å². The Morgan fingerprint density at radius 2 is 2.15 bits per heavy atom. The zero-order chi connectivity index (χ0) is 14.5. The van der Waals surface area contributed by atoms with Gasteiger partial charge in [-0.3, -0.25) is 19.6 Å². The molecule has 2 rings (SSSR count). The fourth-order valence-electron chi connectivity index (χ4n) is 1.79. The van der Waals surface area contributed by atoms with E-state index < -0.39 is 4.92 Å². The van der Waals surface area contributed by atoms with Crippen LogP contribution in [0.5, 0.6) is 0 Å². The van der Waals surface area contributed by atoms with Crippen molar-refractivity contribution in [1.29, 1.82) is 0 Å². The Bertz CT molecular complexity index is 609. The highest BCUT2D eigenvalue weighted by atomic mass is 16.6. The summed E-state index contributed by atoms with van der Waals surface area (Å²) in [6.45, 7) is 1.82. The molecule has 20 heavy (non-hydrogen) atoms. The van der Waals surface area contributed by atoms with Gasteiger partial charge in [-0.15, -0.1) is 0 Å². The zero-order valence-corrected chi connectivity index (χ0v) is 10.9. The van der Waals surface area contributed by atoms with E-state index in [1.54, 1.807) is 0 Å². The predicted octanol–water partition coefficient (Wildman–Crippen LogP) is 1.67. The highest BCUT2D eigenvalue weighted by molar-refractivity contribution is 5.76. The summed E-state index contributed by atoms with van der Waals surface area (Å²) in [6, 6.07) is 9.41. The first kappa shape index (κ1) is 13.7. The lowest BCUT2D eigenvalue weighted by Gasteiger charge is -2.14. The fraction of sp³-hybridized carbons (Fsp3) is 0.231. The Labute approximate surface area is 115 Å². The quantitative estimate of drug-likeness (QED) is 0.663. The molecule has 1 heterocycles. The van der Waals surface area contributed by atoms with Crippen LogP contribution in [0.15, 0.2) is 42.7 Å². The molecule has 0 spiro atoms. The van der Waals surface area contributed by atoms with Gasteiger partial charge in [0.1, 0.15) is 18.9 Å². The number of hydrogen-bond acceptors (Lipinski definition) is 4. The first-order chi connectivity index (χ1) is 9.56. The van der Waals surface area contributed by atoms with Crippen LogP contribution in [0.25, 0.3) is 0 Å². The highest BCUT2D eigenvalue weighted by Gasteiger charge is 2.13. The second-order valence-corrected chi connectivity index (χ2v) is 4.35. The van der Waals surface area contributed by atoms with Crippen molar-refractivity contribution in [2.24, 2.45) is 0 Å². The van der Waals surface area contributed by atoms with E-state index in [1.165, 1.54) is 10.9 Å². The lowest BCUT2D eigenvalue weighted by atomic mass is 10.1. The number of nitrogens with zero attached hydrogens (tertiary/aromatic N) is 3. The molecule has 0 saturated carbocycles. The fourth-order valence-corrected chi connectivity index (χ4v) is 1.79. The molecule has 1 aromatic heterocycles. The van der Waals surface area contributed by atoms with Crippen molar-refractivity contribution in [2.75, 3.05) is 0 Å². The van der Waals surface area contributed by atoms with Crippen LogP contribution >= 0.6 is 0 Å². The van der Waals surface area contributed by atoms with Gasteiger partial charge < -0.3 is 5.32 Å². The summed E-state index contributed by atoms with van der Waals surface area (Å²) in [5.41, 5.74) is 0.862. The highest BCUT2D eigenvalue weighted by Crippen LogP contribution is 2.11. The van der Waals surface area contributed by atoms with Gasteiger partial charge in [0.25, 0.3) is 0 Å². The summed E-state index contributed by atoms with van der Waals surface area (Å²) in [6.07, 6.45) is 2.35. The van der Waals surface area contributed by atoms with Crippen molar-refractivity contribution in [3.63, 3.8) is 0 Å². The zero-order valence-electron chi connectivity index (χ0n) is 10.9. The maximum absolute atomic E-state index is 11.8. The Hall–Kier alpha value is -2.70. The summed E-state index contributed by atoms with van der Waals surface area (Å²) in [5.74, 6) is -0.251. The van der Waals surface area contributed by atoms with Gasteiger partial charge in [0.15, 0.2) is 0 Å². The number of aromatic nitrogens is 2. The topological polar surface area (TPSA) is 90.1 Å². The van der Waals surface area contributed by atoms with Crippen LogP contribution in [0.4, 0.5) is 5.69 Å². The molecule has 1 atom stereocenters. The Morgan fingerprint density at radius 1 is 1.45 bits per heavy atom. The van der Waals surface area contributed by atoms with E-state index >= 15 is 0 Å². The third kappa shape index (κ3) is 3.41. The number of carbonyl (C=O) groups excluding carboxylic acids is 1. The van der Waals surface area contributed by atoms with E-state index in [1.807, 2.05) is 37.3 Å². The van der Waals surface area contributed by atoms with E-state index in [0.717, 1.165) is 11.8 Å². The number of carbonyl (C=O) groups is 1. The van der Waals surface area contributed by atoms with Crippen LogP contribution in [-0.4, -0.2) is 20.6 Å². The third-order valence-electron chi connectivity index (χ3n) is 2.81. The van der Waals surface area contributed by atoms with E-state index in [4.69, 9.17) is 0 Å². The van der Waals surface area contributed by atoms with Gasteiger partial charge in [-0.2, -0.15) is 5.10 Å². The summed E-state index contributed by atoms with van der Waals surface area (Å²) < 4.78 is 1.24. The molecular weight excluding hydrogens is 260 g/mol. The first-order valence-corrected chi connectivity index (χ1v) is 6.07. The maximum atomic E-state index is 11.8.